The number of carbonyl (C=O) groups excluding carboxylic acids is 1. The van der Waals surface area contributed by atoms with E-state index in [2.05, 4.69) is 24.0 Å². The summed E-state index contributed by atoms with van der Waals surface area (Å²) in [6, 6.07) is 0. The van der Waals surface area contributed by atoms with E-state index < -0.39 is 5.60 Å². The quantitative estimate of drug-likeness (QED) is 0.804. The van der Waals surface area contributed by atoms with Crippen LogP contribution < -0.4 is 0 Å². The molecule has 0 atom stereocenters. The third kappa shape index (κ3) is 3.70. The average Bonchev–Trinajstić information content (AvgIpc) is 2.89. The van der Waals surface area contributed by atoms with Crippen molar-refractivity contribution in [3.05, 3.63) is 11.7 Å². The molecule has 1 aliphatic rings. The molecule has 1 heterocycles. The highest BCUT2D eigenvalue weighted by molar-refractivity contribution is 5.79. The molecular weight excluding hydrogens is 268 g/mol. The number of rotatable bonds is 6. The smallest absolute Gasteiger partial charge is 0.234 e. The molecule has 0 unspecified atom stereocenters. The Bertz CT molecular complexity index is 483. The van der Waals surface area contributed by atoms with Crippen molar-refractivity contribution in [1.29, 1.82) is 0 Å². The fraction of sp³-hybridized carbons (Fsp3) is 0.812. The maximum atomic E-state index is 11.7. The molecule has 0 aliphatic heterocycles. The van der Waals surface area contributed by atoms with Gasteiger partial charge in [-0.05, 0) is 37.5 Å². The Labute approximate surface area is 126 Å². The minimum absolute atomic E-state index is 0.143. The number of aromatic nitrogens is 2. The summed E-state index contributed by atoms with van der Waals surface area (Å²) in [5.41, 5.74) is -0.114. The highest BCUT2D eigenvalue weighted by Crippen LogP contribution is 2.46. The highest BCUT2D eigenvalue weighted by Gasteiger charge is 2.43. The van der Waals surface area contributed by atoms with Crippen LogP contribution in [0.25, 0.3) is 0 Å². The first-order valence-corrected chi connectivity index (χ1v) is 7.81. The van der Waals surface area contributed by atoms with Gasteiger partial charge in [0.05, 0.1) is 6.42 Å². The maximum Gasteiger partial charge on any atom is 0.234 e. The summed E-state index contributed by atoms with van der Waals surface area (Å²) in [5, 5.41) is 4.08. The maximum absolute atomic E-state index is 11.7. The Hall–Kier alpha value is -1.23. The predicted molar refractivity (Wildman–Crippen MR) is 78.9 cm³/mol. The number of ketones is 1. The molecule has 0 radical (unpaired) electrons. The lowest BCUT2D eigenvalue weighted by molar-refractivity contribution is -0.118. The van der Waals surface area contributed by atoms with Gasteiger partial charge >= 0.3 is 0 Å². The molecular formula is C16H26N2O3. The molecule has 5 heteroatoms. The van der Waals surface area contributed by atoms with E-state index in [9.17, 15) is 4.79 Å². The molecule has 0 bridgehead atoms. The Morgan fingerprint density at radius 1 is 1.29 bits per heavy atom. The Morgan fingerprint density at radius 2 is 1.95 bits per heavy atom. The molecule has 1 fully saturated rings. The molecule has 1 aromatic heterocycles. The summed E-state index contributed by atoms with van der Waals surface area (Å²) in [6.45, 7) is 6.54. The summed E-state index contributed by atoms with van der Waals surface area (Å²) in [4.78, 5) is 16.1. The van der Waals surface area contributed by atoms with Gasteiger partial charge in [-0.3, -0.25) is 4.79 Å². The first-order chi connectivity index (χ1) is 9.91. The zero-order valence-electron chi connectivity index (χ0n) is 13.6. The minimum atomic E-state index is -0.453. The summed E-state index contributed by atoms with van der Waals surface area (Å²) in [6.07, 6.45) is 5.54. The summed E-state index contributed by atoms with van der Waals surface area (Å²) < 4.78 is 11.0. The van der Waals surface area contributed by atoms with E-state index in [1.807, 2.05) is 6.92 Å². The normalized spacial score (nSPS) is 20.4. The van der Waals surface area contributed by atoms with Crippen molar-refractivity contribution < 1.29 is 14.1 Å². The highest BCUT2D eigenvalue weighted by atomic mass is 16.5. The number of hydrogen-bond donors (Lipinski definition) is 0. The molecule has 1 saturated carbocycles. The van der Waals surface area contributed by atoms with E-state index in [0.29, 0.717) is 23.6 Å². The Kier molecular flexibility index (Phi) is 4.81. The monoisotopic (exact) mass is 294 g/mol. The van der Waals surface area contributed by atoms with Gasteiger partial charge in [0.2, 0.25) is 11.7 Å². The van der Waals surface area contributed by atoms with Gasteiger partial charge in [0, 0.05) is 13.5 Å². The Morgan fingerprint density at radius 3 is 2.52 bits per heavy atom. The third-order valence-electron chi connectivity index (χ3n) is 4.55. The molecule has 1 aromatic rings. The van der Waals surface area contributed by atoms with Gasteiger partial charge in [0.1, 0.15) is 11.4 Å². The van der Waals surface area contributed by atoms with Crippen molar-refractivity contribution in [3.63, 3.8) is 0 Å². The lowest BCUT2D eigenvalue weighted by Crippen LogP contribution is -2.37. The van der Waals surface area contributed by atoms with Gasteiger partial charge in [-0.2, -0.15) is 4.98 Å². The average molecular weight is 294 g/mol. The minimum Gasteiger partial charge on any atom is -0.370 e. The van der Waals surface area contributed by atoms with E-state index in [4.69, 9.17) is 9.26 Å². The van der Waals surface area contributed by atoms with Crippen LogP contribution in [-0.2, 0) is 21.6 Å². The van der Waals surface area contributed by atoms with Crippen LogP contribution in [0.5, 0.6) is 0 Å². The molecule has 2 rings (SSSR count). The summed E-state index contributed by atoms with van der Waals surface area (Å²) >= 11 is 0. The first kappa shape index (κ1) is 16.1. The van der Waals surface area contributed by atoms with E-state index in [1.165, 1.54) is 0 Å². The third-order valence-corrected chi connectivity index (χ3v) is 4.55. The van der Waals surface area contributed by atoms with Gasteiger partial charge < -0.3 is 9.26 Å². The van der Waals surface area contributed by atoms with Gasteiger partial charge in [-0.25, -0.2) is 0 Å². The van der Waals surface area contributed by atoms with Crippen LogP contribution in [0.15, 0.2) is 4.52 Å². The molecule has 0 amide bonds. The zero-order chi connectivity index (χ0) is 15.5. The van der Waals surface area contributed by atoms with Crippen LogP contribution in [0, 0.1) is 5.41 Å². The molecule has 21 heavy (non-hydrogen) atoms. The largest absolute Gasteiger partial charge is 0.370 e. The number of Topliss-reactive ketones (excluding diaryl/α,β-unsaturated/α-hetero) is 1. The second-order valence-electron chi connectivity index (χ2n) is 6.84. The van der Waals surface area contributed by atoms with Gasteiger partial charge in [-0.15, -0.1) is 0 Å². The lowest BCUT2D eigenvalue weighted by Gasteiger charge is -2.40. The number of ether oxygens (including phenoxy) is 1. The predicted octanol–water partition coefficient (Wildman–Crippen LogP) is 3.42. The van der Waals surface area contributed by atoms with Crippen molar-refractivity contribution in [3.8, 4) is 0 Å². The second-order valence-corrected chi connectivity index (χ2v) is 6.84. The number of carbonyl (C=O) groups is 1. The van der Waals surface area contributed by atoms with Crippen molar-refractivity contribution in [2.45, 2.75) is 71.3 Å². The van der Waals surface area contributed by atoms with Gasteiger partial charge in [0.25, 0.3) is 0 Å². The van der Waals surface area contributed by atoms with Crippen LogP contribution >= 0.6 is 0 Å². The van der Waals surface area contributed by atoms with Gasteiger partial charge in [0.15, 0.2) is 0 Å². The van der Waals surface area contributed by atoms with Crippen molar-refractivity contribution in [2.75, 3.05) is 7.11 Å². The van der Waals surface area contributed by atoms with Gasteiger partial charge in [-0.1, -0.05) is 25.9 Å². The van der Waals surface area contributed by atoms with Crippen molar-refractivity contribution in [2.24, 2.45) is 5.41 Å². The van der Waals surface area contributed by atoms with Crippen LogP contribution in [0.3, 0.4) is 0 Å². The van der Waals surface area contributed by atoms with Crippen LogP contribution in [0.4, 0.5) is 0 Å². The molecule has 5 nitrogen and oxygen atoms in total. The molecule has 118 valence electrons. The number of nitrogens with zero attached hydrogens (tertiary/aromatic N) is 2. The first-order valence-electron chi connectivity index (χ1n) is 7.81. The molecule has 0 N–H and O–H groups in total. The fourth-order valence-corrected chi connectivity index (χ4v) is 2.90. The SMILES string of the molecule is CCCC(=O)Cc1nc(C2(OC)CCC(C)(C)CC2)no1. The molecule has 0 aromatic carbocycles. The lowest BCUT2D eigenvalue weighted by atomic mass is 9.70. The standard InChI is InChI=1S/C16H26N2O3/c1-5-6-12(19)11-13-17-14(18-21-13)16(20-4)9-7-15(2,3)8-10-16/h5-11H2,1-4H3. The van der Waals surface area contributed by atoms with E-state index >= 15 is 0 Å². The number of methoxy groups -OCH3 is 1. The molecule has 0 spiro atoms. The summed E-state index contributed by atoms with van der Waals surface area (Å²) in [7, 11) is 1.70. The summed E-state index contributed by atoms with van der Waals surface area (Å²) in [5.74, 6) is 1.15. The van der Waals surface area contributed by atoms with Crippen LogP contribution in [0.2, 0.25) is 0 Å². The van der Waals surface area contributed by atoms with Crippen molar-refractivity contribution >= 4 is 5.78 Å². The molecule has 1 aliphatic carbocycles. The van der Waals surface area contributed by atoms with Crippen molar-refractivity contribution in [1.82, 2.24) is 10.1 Å². The topological polar surface area (TPSA) is 65.2 Å². The zero-order valence-corrected chi connectivity index (χ0v) is 13.6. The van der Waals surface area contributed by atoms with E-state index in [1.54, 1.807) is 7.11 Å². The van der Waals surface area contributed by atoms with Crippen LogP contribution in [-0.4, -0.2) is 23.0 Å². The van der Waals surface area contributed by atoms with E-state index in [-0.39, 0.29) is 12.2 Å². The van der Waals surface area contributed by atoms with Crippen LogP contribution in [0.1, 0.15) is 71.0 Å². The number of hydrogen-bond acceptors (Lipinski definition) is 5. The second kappa shape index (κ2) is 6.26. The van der Waals surface area contributed by atoms with E-state index in [0.717, 1.165) is 32.1 Å². The Balaban J connectivity index is 2.10. The molecule has 0 saturated heterocycles. The fourth-order valence-electron chi connectivity index (χ4n) is 2.90.